The minimum atomic E-state index is -0.510. The molecule has 0 radical (unpaired) electrons. The van der Waals surface area contributed by atoms with Gasteiger partial charge in [-0.05, 0) is 12.1 Å². The number of hydrogen-bond acceptors (Lipinski definition) is 3. The lowest BCUT2D eigenvalue weighted by Crippen LogP contribution is -2.11. The molecule has 11 heavy (non-hydrogen) atoms. The van der Waals surface area contributed by atoms with Crippen molar-refractivity contribution < 1.29 is 9.53 Å². The second-order valence-corrected chi connectivity index (χ2v) is 1.83. The standard InChI is InChI=1S/C7H8N2O2/c1-11-7(10)9-6-4-2-3-5-8-6/h2-5H,1H3,(H,8,9,10). The van der Waals surface area contributed by atoms with Crippen LogP contribution in [0.2, 0.25) is 0 Å². The second kappa shape index (κ2) is 3.55. The van der Waals surface area contributed by atoms with Crippen molar-refractivity contribution in [1.82, 2.24) is 4.98 Å². The van der Waals surface area contributed by atoms with Crippen LogP contribution in [0.15, 0.2) is 24.4 Å². The zero-order chi connectivity index (χ0) is 8.10. The van der Waals surface area contributed by atoms with E-state index in [2.05, 4.69) is 15.0 Å². The molecule has 0 spiro atoms. The van der Waals surface area contributed by atoms with E-state index in [9.17, 15) is 4.79 Å². The highest BCUT2D eigenvalue weighted by molar-refractivity contribution is 5.82. The molecule has 0 aliphatic heterocycles. The fourth-order valence-electron chi connectivity index (χ4n) is 0.592. The van der Waals surface area contributed by atoms with Gasteiger partial charge in [-0.3, -0.25) is 5.32 Å². The third-order valence-corrected chi connectivity index (χ3v) is 1.08. The van der Waals surface area contributed by atoms with Crippen molar-refractivity contribution >= 4 is 11.9 Å². The third-order valence-electron chi connectivity index (χ3n) is 1.08. The Hall–Kier alpha value is -1.58. The molecule has 58 valence electrons. The number of hydrogen-bond donors (Lipinski definition) is 1. The maximum atomic E-state index is 10.6. The van der Waals surface area contributed by atoms with Crippen LogP contribution in [0.4, 0.5) is 10.6 Å². The summed E-state index contributed by atoms with van der Waals surface area (Å²) in [5.74, 6) is 0.486. The number of rotatable bonds is 1. The lowest BCUT2D eigenvalue weighted by Gasteiger charge is -1.99. The van der Waals surface area contributed by atoms with Gasteiger partial charge in [-0.2, -0.15) is 0 Å². The Morgan fingerprint density at radius 1 is 1.64 bits per heavy atom. The summed E-state index contributed by atoms with van der Waals surface area (Å²) in [5.41, 5.74) is 0. The molecule has 1 heterocycles. The number of amides is 1. The first-order chi connectivity index (χ1) is 5.33. The number of ether oxygens (including phenoxy) is 1. The lowest BCUT2D eigenvalue weighted by molar-refractivity contribution is 0.187. The fourth-order valence-corrected chi connectivity index (χ4v) is 0.592. The molecular weight excluding hydrogens is 144 g/mol. The highest BCUT2D eigenvalue weighted by atomic mass is 16.5. The summed E-state index contributed by atoms with van der Waals surface area (Å²) in [6, 6.07) is 5.22. The quantitative estimate of drug-likeness (QED) is 0.659. The summed E-state index contributed by atoms with van der Waals surface area (Å²) >= 11 is 0. The normalized spacial score (nSPS) is 8.82. The van der Waals surface area contributed by atoms with Crippen LogP contribution in [0.1, 0.15) is 0 Å². The van der Waals surface area contributed by atoms with Crippen LogP contribution >= 0.6 is 0 Å². The lowest BCUT2D eigenvalue weighted by atomic mass is 10.5. The highest BCUT2D eigenvalue weighted by Gasteiger charge is 1.98. The topological polar surface area (TPSA) is 51.2 Å². The van der Waals surface area contributed by atoms with Crippen molar-refractivity contribution in [2.75, 3.05) is 12.4 Å². The van der Waals surface area contributed by atoms with E-state index in [4.69, 9.17) is 0 Å². The minimum Gasteiger partial charge on any atom is -0.453 e. The molecule has 0 aliphatic carbocycles. The zero-order valence-corrected chi connectivity index (χ0v) is 6.07. The molecule has 1 rings (SSSR count). The number of anilines is 1. The molecule has 0 fully saturated rings. The number of nitrogens with one attached hydrogen (secondary N) is 1. The van der Waals surface area contributed by atoms with Gasteiger partial charge in [0, 0.05) is 6.20 Å². The molecule has 4 heteroatoms. The summed E-state index contributed by atoms with van der Waals surface area (Å²) in [6.45, 7) is 0. The van der Waals surface area contributed by atoms with Crippen molar-refractivity contribution in [3.63, 3.8) is 0 Å². The van der Waals surface area contributed by atoms with Crippen molar-refractivity contribution in [3.8, 4) is 0 Å². The molecular formula is C7H8N2O2. The predicted octanol–water partition coefficient (Wildman–Crippen LogP) is 1.26. The summed E-state index contributed by atoms with van der Waals surface area (Å²) in [7, 11) is 1.30. The van der Waals surface area contributed by atoms with Crippen molar-refractivity contribution in [2.45, 2.75) is 0 Å². The van der Waals surface area contributed by atoms with Gasteiger partial charge in [-0.15, -0.1) is 0 Å². The van der Waals surface area contributed by atoms with E-state index >= 15 is 0 Å². The second-order valence-electron chi connectivity index (χ2n) is 1.83. The average molecular weight is 152 g/mol. The van der Waals surface area contributed by atoms with E-state index < -0.39 is 6.09 Å². The Morgan fingerprint density at radius 3 is 3.00 bits per heavy atom. The number of carbonyl (C=O) groups is 1. The Morgan fingerprint density at radius 2 is 2.45 bits per heavy atom. The van der Waals surface area contributed by atoms with Crippen LogP contribution < -0.4 is 5.32 Å². The molecule has 0 unspecified atom stereocenters. The van der Waals surface area contributed by atoms with E-state index in [1.807, 2.05) is 0 Å². The van der Waals surface area contributed by atoms with Gasteiger partial charge in [0.15, 0.2) is 0 Å². The van der Waals surface area contributed by atoms with Crippen LogP contribution in [0.5, 0.6) is 0 Å². The van der Waals surface area contributed by atoms with Gasteiger partial charge in [-0.1, -0.05) is 6.07 Å². The monoisotopic (exact) mass is 152 g/mol. The van der Waals surface area contributed by atoms with Gasteiger partial charge in [0.05, 0.1) is 7.11 Å². The average Bonchev–Trinajstić information content (AvgIpc) is 2.06. The van der Waals surface area contributed by atoms with Gasteiger partial charge in [0.2, 0.25) is 0 Å². The molecule has 1 N–H and O–H groups in total. The first kappa shape index (κ1) is 7.53. The molecule has 4 nitrogen and oxygen atoms in total. The van der Waals surface area contributed by atoms with Crippen LogP contribution in [0, 0.1) is 0 Å². The van der Waals surface area contributed by atoms with Crippen LogP contribution in [-0.2, 0) is 4.74 Å². The van der Waals surface area contributed by atoms with Crippen molar-refractivity contribution in [2.24, 2.45) is 0 Å². The number of nitrogens with zero attached hydrogens (tertiary/aromatic N) is 1. The number of aromatic nitrogens is 1. The first-order valence-corrected chi connectivity index (χ1v) is 3.09. The highest BCUT2D eigenvalue weighted by Crippen LogP contribution is 1.99. The van der Waals surface area contributed by atoms with Crippen LogP contribution in [0.25, 0.3) is 0 Å². The molecule has 0 saturated carbocycles. The number of methoxy groups -OCH3 is 1. The van der Waals surface area contributed by atoms with Crippen LogP contribution in [0.3, 0.4) is 0 Å². The molecule has 0 atom stereocenters. The van der Waals surface area contributed by atoms with Gasteiger partial charge in [0.1, 0.15) is 5.82 Å². The van der Waals surface area contributed by atoms with Crippen molar-refractivity contribution in [3.05, 3.63) is 24.4 Å². The maximum Gasteiger partial charge on any atom is 0.412 e. The van der Waals surface area contributed by atoms with Gasteiger partial charge in [-0.25, -0.2) is 9.78 Å². The smallest absolute Gasteiger partial charge is 0.412 e. The Bertz CT molecular complexity index is 235. The van der Waals surface area contributed by atoms with E-state index in [0.717, 1.165) is 0 Å². The Labute approximate surface area is 64.2 Å². The molecule has 0 bridgehead atoms. The summed E-state index contributed by atoms with van der Waals surface area (Å²) < 4.78 is 4.36. The summed E-state index contributed by atoms with van der Waals surface area (Å²) in [5, 5.41) is 2.42. The molecule has 1 aromatic heterocycles. The third kappa shape index (κ3) is 2.25. The maximum absolute atomic E-state index is 10.6. The molecule has 1 amide bonds. The van der Waals surface area contributed by atoms with Gasteiger partial charge in [0.25, 0.3) is 0 Å². The summed E-state index contributed by atoms with van der Waals surface area (Å²) in [4.78, 5) is 14.5. The molecule has 0 aliphatic rings. The Balaban J connectivity index is 2.58. The molecule has 1 aromatic rings. The van der Waals surface area contributed by atoms with E-state index in [0.29, 0.717) is 5.82 Å². The first-order valence-electron chi connectivity index (χ1n) is 3.09. The van der Waals surface area contributed by atoms with Gasteiger partial charge >= 0.3 is 6.09 Å². The minimum absolute atomic E-state index is 0.486. The van der Waals surface area contributed by atoms with E-state index in [1.165, 1.54) is 7.11 Å². The molecule has 0 aromatic carbocycles. The number of carbonyl (C=O) groups excluding carboxylic acids is 1. The summed E-state index contributed by atoms with van der Waals surface area (Å²) in [6.07, 6.45) is 1.08. The van der Waals surface area contributed by atoms with E-state index in [1.54, 1.807) is 24.4 Å². The predicted molar refractivity (Wildman–Crippen MR) is 40.3 cm³/mol. The molecule has 0 saturated heterocycles. The zero-order valence-electron chi connectivity index (χ0n) is 6.07. The fraction of sp³-hybridized carbons (Fsp3) is 0.143. The van der Waals surface area contributed by atoms with E-state index in [-0.39, 0.29) is 0 Å². The Kier molecular flexibility index (Phi) is 2.43. The number of pyridine rings is 1. The SMILES string of the molecule is COC(=O)Nc1ccccn1. The largest absolute Gasteiger partial charge is 0.453 e. The van der Waals surface area contributed by atoms with Crippen LogP contribution in [-0.4, -0.2) is 18.2 Å². The van der Waals surface area contributed by atoms with Gasteiger partial charge < -0.3 is 4.74 Å². The van der Waals surface area contributed by atoms with Crippen molar-refractivity contribution in [1.29, 1.82) is 0 Å².